The predicted octanol–water partition coefficient (Wildman–Crippen LogP) is 7.32. The van der Waals surface area contributed by atoms with Gasteiger partial charge in [0, 0.05) is 36.1 Å². The van der Waals surface area contributed by atoms with Gasteiger partial charge in [-0.15, -0.1) is 0 Å². The molecule has 1 aromatic heterocycles. The Bertz CT molecular complexity index is 1660. The lowest BCUT2D eigenvalue weighted by molar-refractivity contribution is -0.134. The van der Waals surface area contributed by atoms with Gasteiger partial charge in [-0.3, -0.25) is 25.2 Å². The molecule has 1 heterocycles. The van der Waals surface area contributed by atoms with Gasteiger partial charge in [0.1, 0.15) is 17.4 Å². The van der Waals surface area contributed by atoms with Crippen LogP contribution in [0.25, 0.3) is 0 Å². The van der Waals surface area contributed by atoms with Gasteiger partial charge in [0.25, 0.3) is 5.91 Å². The lowest BCUT2D eigenvalue weighted by atomic mass is 10.1. The van der Waals surface area contributed by atoms with Crippen LogP contribution < -0.4 is 20.3 Å². The number of amidine groups is 1. The fraction of sp³-hybridized carbons (Fsp3) is 0.289. The molecule has 0 aliphatic carbocycles. The first-order valence-electron chi connectivity index (χ1n) is 16.3. The van der Waals surface area contributed by atoms with Crippen LogP contribution in [-0.2, 0) is 16.0 Å². The molecular weight excluding hydrogens is 606 g/mol. The number of anilines is 2. The fourth-order valence-corrected chi connectivity index (χ4v) is 4.91. The molecule has 0 unspecified atom stereocenters. The van der Waals surface area contributed by atoms with Gasteiger partial charge >= 0.3 is 12.1 Å². The van der Waals surface area contributed by atoms with E-state index in [1.54, 1.807) is 48.7 Å². The molecule has 0 atom stereocenters. The Balaban J connectivity index is 1.29. The van der Waals surface area contributed by atoms with Crippen LogP contribution in [0.15, 0.2) is 97.2 Å². The molecule has 10 nitrogen and oxygen atoms in total. The number of hydrogen-bond acceptors (Lipinski definition) is 8. The maximum absolute atomic E-state index is 13.7. The summed E-state index contributed by atoms with van der Waals surface area (Å²) < 4.78 is 10.7. The summed E-state index contributed by atoms with van der Waals surface area (Å²) in [6.45, 7) is 5.04. The monoisotopic (exact) mass is 649 g/mol. The van der Waals surface area contributed by atoms with Crippen LogP contribution in [0.4, 0.5) is 16.3 Å². The van der Waals surface area contributed by atoms with Gasteiger partial charge in [-0.05, 0) is 85.5 Å². The van der Waals surface area contributed by atoms with Crippen molar-refractivity contribution in [1.29, 1.82) is 5.41 Å². The van der Waals surface area contributed by atoms with Gasteiger partial charge in [0.2, 0.25) is 0 Å². The quantitative estimate of drug-likeness (QED) is 0.0381. The number of carbonyl (C=O) groups is 3. The summed E-state index contributed by atoms with van der Waals surface area (Å²) in [5, 5.41) is 14.0. The molecule has 48 heavy (non-hydrogen) atoms. The van der Waals surface area contributed by atoms with E-state index in [2.05, 4.69) is 22.5 Å². The minimum absolute atomic E-state index is 0.00219. The van der Waals surface area contributed by atoms with Gasteiger partial charge in [0.15, 0.2) is 0 Å². The van der Waals surface area contributed by atoms with E-state index in [4.69, 9.17) is 14.9 Å². The third-order valence-electron chi connectivity index (χ3n) is 7.58. The Hall–Kier alpha value is -5.51. The van der Waals surface area contributed by atoms with E-state index < -0.39 is 12.1 Å². The van der Waals surface area contributed by atoms with E-state index in [0.29, 0.717) is 42.3 Å². The molecule has 0 spiro atoms. The van der Waals surface area contributed by atoms with Crippen molar-refractivity contribution in [2.75, 3.05) is 29.9 Å². The van der Waals surface area contributed by atoms with E-state index in [-0.39, 0.29) is 24.7 Å². The molecule has 4 rings (SSSR count). The molecule has 250 valence electrons. The van der Waals surface area contributed by atoms with Crippen LogP contribution in [-0.4, -0.2) is 48.5 Å². The van der Waals surface area contributed by atoms with Gasteiger partial charge in [0.05, 0.1) is 13.0 Å². The highest BCUT2D eigenvalue weighted by Gasteiger charge is 2.21. The summed E-state index contributed by atoms with van der Waals surface area (Å²) in [5.41, 5.74) is 3.73. The van der Waals surface area contributed by atoms with Crippen molar-refractivity contribution < 1.29 is 23.9 Å². The molecule has 3 aromatic carbocycles. The number of aromatic nitrogens is 1. The van der Waals surface area contributed by atoms with Crippen molar-refractivity contribution in [2.45, 2.75) is 52.4 Å². The van der Waals surface area contributed by atoms with E-state index in [1.165, 1.54) is 4.90 Å². The number of esters is 1. The third-order valence-corrected chi connectivity index (χ3v) is 7.58. The summed E-state index contributed by atoms with van der Waals surface area (Å²) in [6.07, 6.45) is 5.68. The molecule has 0 saturated carbocycles. The van der Waals surface area contributed by atoms with Crippen LogP contribution >= 0.6 is 0 Å². The molecule has 0 radical (unpaired) electrons. The number of rotatable bonds is 16. The highest BCUT2D eigenvalue weighted by Crippen LogP contribution is 2.19. The number of amides is 2. The number of ether oxygens (including phenoxy) is 2. The first-order chi connectivity index (χ1) is 23.3. The second kappa shape index (κ2) is 18.6. The molecule has 0 bridgehead atoms. The van der Waals surface area contributed by atoms with Crippen LogP contribution in [0.1, 0.15) is 66.1 Å². The van der Waals surface area contributed by atoms with E-state index in [1.807, 2.05) is 55.5 Å². The Kier molecular flexibility index (Phi) is 13.7. The zero-order chi connectivity index (χ0) is 34.1. The number of nitrogens with zero attached hydrogens (tertiary/aromatic N) is 2. The molecule has 10 heteroatoms. The summed E-state index contributed by atoms with van der Waals surface area (Å²) in [7, 11) is 0. The van der Waals surface area contributed by atoms with Gasteiger partial charge < -0.3 is 14.8 Å². The minimum atomic E-state index is -0.622. The average molecular weight is 650 g/mol. The number of unbranched alkanes of at least 4 members (excludes halogenated alkanes) is 3. The van der Waals surface area contributed by atoms with Crippen LogP contribution in [0.2, 0.25) is 0 Å². The second-order valence-electron chi connectivity index (χ2n) is 11.3. The first kappa shape index (κ1) is 35.3. The van der Waals surface area contributed by atoms with Crippen molar-refractivity contribution >= 4 is 35.3 Å². The number of benzene rings is 3. The number of pyridine rings is 1. The number of carbonyl (C=O) groups excluding carboxylic acids is 3. The number of alkyl carbamates (subject to hydrolysis) is 1. The molecule has 0 aliphatic heterocycles. The van der Waals surface area contributed by atoms with Crippen molar-refractivity contribution in [3.05, 3.63) is 119 Å². The summed E-state index contributed by atoms with van der Waals surface area (Å²) >= 11 is 0. The van der Waals surface area contributed by atoms with Crippen molar-refractivity contribution in [2.24, 2.45) is 0 Å². The molecule has 2 amide bonds. The predicted molar refractivity (Wildman–Crippen MR) is 188 cm³/mol. The number of nitrogens with one attached hydrogen (secondary N) is 3. The summed E-state index contributed by atoms with van der Waals surface area (Å²) in [5.74, 6) is 0.222. The van der Waals surface area contributed by atoms with E-state index in [9.17, 15) is 14.4 Å². The van der Waals surface area contributed by atoms with Gasteiger partial charge in [-0.25, -0.2) is 9.78 Å². The third kappa shape index (κ3) is 11.1. The highest BCUT2D eigenvalue weighted by atomic mass is 16.5. The van der Waals surface area contributed by atoms with E-state index >= 15 is 0 Å². The van der Waals surface area contributed by atoms with Gasteiger partial charge in [-0.1, -0.05) is 62.6 Å². The number of aryl methyl sites for hydroxylation is 1. The van der Waals surface area contributed by atoms with Crippen LogP contribution in [0, 0.1) is 12.3 Å². The lowest BCUT2D eigenvalue weighted by Crippen LogP contribution is -2.34. The van der Waals surface area contributed by atoms with E-state index in [0.717, 1.165) is 42.5 Å². The zero-order valence-electron chi connectivity index (χ0n) is 27.5. The summed E-state index contributed by atoms with van der Waals surface area (Å²) in [6, 6.07) is 27.2. The smallest absolute Gasteiger partial charge is 0.412 e. The number of para-hydroxylation sites is 1. The molecule has 0 fully saturated rings. The number of hydrogen-bond donors (Lipinski definition) is 3. The van der Waals surface area contributed by atoms with Crippen molar-refractivity contribution in [1.82, 2.24) is 10.3 Å². The molecule has 3 N–H and O–H groups in total. The second-order valence-corrected chi connectivity index (χ2v) is 11.3. The van der Waals surface area contributed by atoms with Crippen molar-refractivity contribution in [3.8, 4) is 5.75 Å². The summed E-state index contributed by atoms with van der Waals surface area (Å²) in [4.78, 5) is 44.2. The molecule has 0 saturated heterocycles. The maximum atomic E-state index is 13.7. The largest absolute Gasteiger partial charge is 0.449 e. The minimum Gasteiger partial charge on any atom is -0.449 e. The topological polar surface area (TPSA) is 134 Å². The van der Waals surface area contributed by atoms with Gasteiger partial charge in [-0.2, -0.15) is 0 Å². The molecule has 0 aliphatic rings. The highest BCUT2D eigenvalue weighted by molar-refractivity contribution is 6.06. The Labute approximate surface area is 282 Å². The lowest BCUT2D eigenvalue weighted by Gasteiger charge is -2.22. The molecular formula is C38H43N5O5. The van der Waals surface area contributed by atoms with Crippen molar-refractivity contribution in [3.63, 3.8) is 0 Å². The fourth-order valence-electron chi connectivity index (χ4n) is 4.91. The zero-order valence-corrected chi connectivity index (χ0v) is 27.5. The Morgan fingerprint density at radius 1 is 0.875 bits per heavy atom. The average Bonchev–Trinajstić information content (AvgIpc) is 3.10. The normalized spacial score (nSPS) is 10.5. The maximum Gasteiger partial charge on any atom is 0.412 e. The first-order valence-corrected chi connectivity index (χ1v) is 16.3. The molecule has 4 aromatic rings. The standard InChI is InChI=1S/C38H43N5O5/c1-3-4-5-10-26-47-38(46)42-36(39)30-17-19-32(20-18-30)40-24-21-29-13-11-14-31(27-29)37(45)43(34-16-8-9-23-41-34)25-22-35(44)48-33-15-7-6-12-28(33)2/h6-9,11-20,23,27,40H,3-5,10,21-22,24-26H2,1-2H3,(H2,39,42,46). The Morgan fingerprint density at radius 2 is 1.67 bits per heavy atom. The Morgan fingerprint density at radius 3 is 2.42 bits per heavy atom. The van der Waals surface area contributed by atoms with Crippen LogP contribution in [0.5, 0.6) is 5.75 Å². The SMILES string of the molecule is CCCCCCOC(=O)NC(=N)c1ccc(NCCc2cccc(C(=O)N(CCC(=O)Oc3ccccc3C)c3ccccn3)c2)cc1. The van der Waals surface area contributed by atoms with Crippen LogP contribution in [0.3, 0.4) is 0 Å².